The smallest absolute Gasteiger partial charge is 0.414 e. The van der Waals surface area contributed by atoms with E-state index in [1.807, 2.05) is 18.2 Å². The molecule has 0 aromatic heterocycles. The van der Waals surface area contributed by atoms with Gasteiger partial charge in [0.1, 0.15) is 6.10 Å². The third kappa shape index (κ3) is 4.45. The fraction of sp³-hybridized carbons (Fsp3) is 0.280. The molecule has 6 nitrogen and oxygen atoms in total. The molecular weight excluding hydrogens is 422 g/mol. The first-order chi connectivity index (χ1) is 15.7. The number of rotatable bonds is 7. The Morgan fingerprint density at radius 1 is 1.09 bits per heavy atom. The zero-order valence-corrected chi connectivity index (χ0v) is 18.5. The lowest BCUT2D eigenvalue weighted by atomic mass is 10.0. The maximum absolute atomic E-state index is 12.4. The Bertz CT molecular complexity index is 1160. The molecule has 1 atom stereocenters. The molecule has 32 heavy (non-hydrogen) atoms. The molecule has 2 aliphatic rings. The first-order valence-electron chi connectivity index (χ1n) is 10.9. The number of cyclic esters (lactones) is 1. The van der Waals surface area contributed by atoms with Crippen molar-refractivity contribution in [3.8, 4) is 0 Å². The first kappa shape index (κ1) is 20.8. The monoisotopic (exact) mass is 447 g/mol. The fourth-order valence-corrected chi connectivity index (χ4v) is 5.03. The average molecular weight is 448 g/mol. The molecule has 2 aliphatic heterocycles. The number of thioether (sulfide) groups is 1. The van der Waals surface area contributed by atoms with Crippen LogP contribution in [0, 0.1) is 0 Å². The predicted molar refractivity (Wildman–Crippen MR) is 128 cm³/mol. The van der Waals surface area contributed by atoms with Crippen LogP contribution >= 0.6 is 11.8 Å². The minimum Gasteiger partial charge on any atom is -0.444 e. The van der Waals surface area contributed by atoms with Crippen molar-refractivity contribution in [2.75, 3.05) is 29.1 Å². The van der Waals surface area contributed by atoms with Gasteiger partial charge < -0.3 is 15.4 Å². The van der Waals surface area contributed by atoms with Gasteiger partial charge in [-0.2, -0.15) is 0 Å². The number of ether oxygens (including phenoxy) is 1. The van der Waals surface area contributed by atoms with Crippen molar-refractivity contribution in [1.29, 1.82) is 0 Å². The lowest BCUT2D eigenvalue weighted by Crippen LogP contribution is -2.25. The number of anilines is 2. The number of carbonyl (C=O) groups excluding carboxylic acids is 2. The Kier molecular flexibility index (Phi) is 6.01. The number of nitrogens with one attached hydrogen (secondary N) is 2. The topological polar surface area (TPSA) is 70.7 Å². The van der Waals surface area contributed by atoms with Crippen LogP contribution in [0.3, 0.4) is 0 Å². The van der Waals surface area contributed by atoms with Gasteiger partial charge in [0.15, 0.2) is 0 Å². The second-order valence-corrected chi connectivity index (χ2v) is 9.11. The van der Waals surface area contributed by atoms with Gasteiger partial charge in [0.05, 0.1) is 18.0 Å². The van der Waals surface area contributed by atoms with E-state index in [4.69, 9.17) is 4.74 Å². The third-order valence-electron chi connectivity index (χ3n) is 5.86. The van der Waals surface area contributed by atoms with Gasteiger partial charge in [0, 0.05) is 17.1 Å². The molecule has 3 aromatic rings. The van der Waals surface area contributed by atoms with E-state index in [-0.39, 0.29) is 18.1 Å². The summed E-state index contributed by atoms with van der Waals surface area (Å²) < 4.78 is 5.58. The second-order valence-electron chi connectivity index (χ2n) is 8.09. The Labute approximate surface area is 191 Å². The molecule has 7 heteroatoms. The van der Waals surface area contributed by atoms with Crippen LogP contribution in [0.1, 0.15) is 18.4 Å². The van der Waals surface area contributed by atoms with Gasteiger partial charge in [-0.3, -0.25) is 9.69 Å². The van der Waals surface area contributed by atoms with Crippen molar-refractivity contribution in [2.24, 2.45) is 0 Å². The molecule has 2 N–H and O–H groups in total. The van der Waals surface area contributed by atoms with Crippen molar-refractivity contribution in [2.45, 2.75) is 30.4 Å². The summed E-state index contributed by atoms with van der Waals surface area (Å²) >= 11 is 1.51. The second kappa shape index (κ2) is 9.22. The fourth-order valence-electron chi connectivity index (χ4n) is 4.25. The summed E-state index contributed by atoms with van der Waals surface area (Å²) in [5.41, 5.74) is 2.81. The molecule has 2 heterocycles. The quantitative estimate of drug-likeness (QED) is 0.510. The minimum atomic E-state index is -0.326. The van der Waals surface area contributed by atoms with E-state index < -0.39 is 0 Å². The standard InChI is InChI=1S/C25H25N3O3S/c29-24-16-32-23-11-10-19(13-22(23)27-24)28-15-20(31-25(28)30)8-4-12-26-14-18-7-3-6-17-5-1-2-9-21(17)18/h1-3,5-7,9-11,13,20,26H,4,8,12,14-16H2,(H,27,29)/t20-/m1/s1. The molecule has 5 rings (SSSR count). The van der Waals surface area contributed by atoms with Crippen LogP contribution in [-0.4, -0.2) is 36.9 Å². The van der Waals surface area contributed by atoms with E-state index >= 15 is 0 Å². The highest BCUT2D eigenvalue weighted by molar-refractivity contribution is 8.00. The molecule has 0 spiro atoms. The van der Waals surface area contributed by atoms with Crippen molar-refractivity contribution in [3.05, 3.63) is 66.2 Å². The highest BCUT2D eigenvalue weighted by Crippen LogP contribution is 2.35. The summed E-state index contributed by atoms with van der Waals surface area (Å²) in [5, 5.41) is 8.92. The Morgan fingerprint density at radius 2 is 1.97 bits per heavy atom. The number of carbonyl (C=O) groups is 2. The zero-order chi connectivity index (χ0) is 21.9. The third-order valence-corrected chi connectivity index (χ3v) is 6.93. The lowest BCUT2D eigenvalue weighted by Gasteiger charge is -2.20. The van der Waals surface area contributed by atoms with Crippen molar-refractivity contribution >= 4 is 45.9 Å². The molecule has 2 amide bonds. The van der Waals surface area contributed by atoms with Crippen LogP contribution in [-0.2, 0) is 16.1 Å². The average Bonchev–Trinajstić information content (AvgIpc) is 3.18. The van der Waals surface area contributed by atoms with Crippen LogP contribution in [0.2, 0.25) is 0 Å². The van der Waals surface area contributed by atoms with Crippen LogP contribution in [0.15, 0.2) is 65.6 Å². The van der Waals surface area contributed by atoms with Gasteiger partial charge in [0.2, 0.25) is 5.91 Å². The van der Waals surface area contributed by atoms with Crippen LogP contribution in [0.25, 0.3) is 10.8 Å². The summed E-state index contributed by atoms with van der Waals surface area (Å²) in [4.78, 5) is 26.7. The molecule has 0 unspecified atom stereocenters. The summed E-state index contributed by atoms with van der Waals surface area (Å²) in [6.45, 7) is 2.21. The Hall–Kier alpha value is -3.03. The number of nitrogens with zero attached hydrogens (tertiary/aromatic N) is 1. The lowest BCUT2D eigenvalue weighted by molar-refractivity contribution is -0.113. The highest BCUT2D eigenvalue weighted by Gasteiger charge is 2.32. The summed E-state index contributed by atoms with van der Waals surface area (Å²) in [6.07, 6.45) is 1.28. The normalized spacial score (nSPS) is 17.9. The van der Waals surface area contributed by atoms with Gasteiger partial charge in [-0.25, -0.2) is 4.79 Å². The zero-order valence-electron chi connectivity index (χ0n) is 17.7. The maximum Gasteiger partial charge on any atom is 0.414 e. The van der Waals surface area contributed by atoms with E-state index in [2.05, 4.69) is 53.1 Å². The van der Waals surface area contributed by atoms with Crippen LogP contribution < -0.4 is 15.5 Å². The van der Waals surface area contributed by atoms with E-state index in [9.17, 15) is 9.59 Å². The van der Waals surface area contributed by atoms with Gasteiger partial charge in [-0.05, 0) is 53.9 Å². The van der Waals surface area contributed by atoms with Crippen molar-refractivity contribution < 1.29 is 14.3 Å². The Balaban J connectivity index is 1.11. The number of amides is 2. The number of benzene rings is 3. The molecular formula is C25H25N3O3S. The van der Waals surface area contributed by atoms with Crippen LogP contribution in [0.5, 0.6) is 0 Å². The number of fused-ring (bicyclic) bond motifs is 2. The number of hydrogen-bond acceptors (Lipinski definition) is 5. The summed E-state index contributed by atoms with van der Waals surface area (Å²) in [5.74, 6) is 0.409. The first-order valence-corrected chi connectivity index (χ1v) is 11.9. The molecule has 0 aliphatic carbocycles. The molecule has 0 radical (unpaired) electrons. The van der Waals surface area contributed by atoms with Gasteiger partial charge in [-0.15, -0.1) is 11.8 Å². The Morgan fingerprint density at radius 3 is 2.91 bits per heavy atom. The molecule has 0 saturated carbocycles. The van der Waals surface area contributed by atoms with Gasteiger partial charge >= 0.3 is 6.09 Å². The largest absolute Gasteiger partial charge is 0.444 e. The van der Waals surface area contributed by atoms with E-state index in [0.717, 1.165) is 42.2 Å². The molecule has 164 valence electrons. The minimum absolute atomic E-state index is 0.0162. The maximum atomic E-state index is 12.4. The van der Waals surface area contributed by atoms with Gasteiger partial charge in [-0.1, -0.05) is 42.5 Å². The van der Waals surface area contributed by atoms with E-state index in [1.165, 1.54) is 28.1 Å². The molecule has 1 saturated heterocycles. The summed E-state index contributed by atoms with van der Waals surface area (Å²) in [6, 6.07) is 20.5. The van der Waals surface area contributed by atoms with E-state index in [1.54, 1.807) is 4.90 Å². The SMILES string of the molecule is O=C1CSc2ccc(N3C[C@@H](CCCNCc4cccc5ccccc45)OC3=O)cc2N1. The van der Waals surface area contributed by atoms with Crippen molar-refractivity contribution in [1.82, 2.24) is 5.32 Å². The van der Waals surface area contributed by atoms with Crippen molar-refractivity contribution in [3.63, 3.8) is 0 Å². The molecule has 0 bridgehead atoms. The van der Waals surface area contributed by atoms with Gasteiger partial charge in [0.25, 0.3) is 0 Å². The highest BCUT2D eigenvalue weighted by atomic mass is 32.2. The molecule has 1 fully saturated rings. The van der Waals surface area contributed by atoms with E-state index in [0.29, 0.717) is 12.3 Å². The summed E-state index contributed by atoms with van der Waals surface area (Å²) in [7, 11) is 0. The molecule has 3 aromatic carbocycles. The van der Waals surface area contributed by atoms with Crippen LogP contribution in [0.4, 0.5) is 16.2 Å². The predicted octanol–water partition coefficient (Wildman–Crippen LogP) is 4.78. The number of hydrogen-bond donors (Lipinski definition) is 2.